The SMILES string of the molecule is N=C(N)NCC[C@@H]1C[C@@H](Nc2nccs2)C[C@@H](c2ccc(-n3cc4cc(C5CCNC5)[nH]c4nc3=O)cc2)O1. The third kappa shape index (κ3) is 5.82. The summed E-state index contributed by atoms with van der Waals surface area (Å²) in [6.07, 6.45) is 7.00. The number of H-pyrrole nitrogens is 1. The van der Waals surface area contributed by atoms with Gasteiger partial charge in [-0.15, -0.1) is 11.3 Å². The molecule has 4 aromatic rings. The van der Waals surface area contributed by atoms with Crippen molar-refractivity contribution in [3.63, 3.8) is 0 Å². The quantitative estimate of drug-likeness (QED) is 0.145. The molecule has 0 amide bonds. The van der Waals surface area contributed by atoms with E-state index in [1.54, 1.807) is 22.1 Å². The molecule has 0 radical (unpaired) electrons. The number of hydrogen-bond acceptors (Lipinski definition) is 8. The maximum Gasteiger partial charge on any atom is 0.354 e. The van der Waals surface area contributed by atoms with Gasteiger partial charge in [-0.05, 0) is 56.0 Å². The van der Waals surface area contributed by atoms with Gasteiger partial charge in [-0.25, -0.2) is 9.78 Å². The van der Waals surface area contributed by atoms with E-state index in [2.05, 4.69) is 37.0 Å². The number of nitrogens with one attached hydrogen (secondary N) is 5. The molecular formula is C27H33N9O2S. The number of benzene rings is 1. The summed E-state index contributed by atoms with van der Waals surface area (Å²) in [5.41, 5.74) is 8.71. The Kier molecular flexibility index (Phi) is 7.31. The van der Waals surface area contributed by atoms with Gasteiger partial charge < -0.3 is 31.4 Å². The molecule has 12 heteroatoms. The molecule has 6 rings (SSSR count). The Morgan fingerprint density at radius 2 is 2.15 bits per heavy atom. The molecule has 2 fully saturated rings. The number of guanidine groups is 1. The number of hydrogen-bond donors (Lipinski definition) is 6. The van der Waals surface area contributed by atoms with E-state index < -0.39 is 0 Å². The van der Waals surface area contributed by atoms with Crippen molar-refractivity contribution in [3.8, 4) is 5.69 Å². The van der Waals surface area contributed by atoms with Crippen molar-refractivity contribution in [2.75, 3.05) is 25.0 Å². The van der Waals surface area contributed by atoms with Crippen LogP contribution in [0.25, 0.3) is 16.7 Å². The molecule has 5 heterocycles. The highest BCUT2D eigenvalue weighted by molar-refractivity contribution is 7.13. The van der Waals surface area contributed by atoms with Crippen LogP contribution in [0.2, 0.25) is 0 Å². The highest BCUT2D eigenvalue weighted by atomic mass is 32.1. The van der Waals surface area contributed by atoms with Crippen molar-refractivity contribution in [2.45, 2.75) is 49.9 Å². The molecule has 2 aliphatic heterocycles. The number of thiazole rings is 1. The number of aromatic amines is 1. The molecule has 2 saturated heterocycles. The average Bonchev–Trinajstić information content (AvgIpc) is 3.70. The first-order valence-electron chi connectivity index (χ1n) is 13.3. The van der Waals surface area contributed by atoms with E-state index in [9.17, 15) is 4.79 Å². The molecule has 7 N–H and O–H groups in total. The monoisotopic (exact) mass is 547 g/mol. The summed E-state index contributed by atoms with van der Waals surface area (Å²) in [7, 11) is 0. The molecule has 39 heavy (non-hydrogen) atoms. The van der Waals surface area contributed by atoms with Gasteiger partial charge in [-0.3, -0.25) is 9.98 Å². The molecular weight excluding hydrogens is 514 g/mol. The fourth-order valence-electron chi connectivity index (χ4n) is 5.56. The Balaban J connectivity index is 1.20. The van der Waals surface area contributed by atoms with Crippen LogP contribution >= 0.6 is 11.3 Å². The Labute approximate surface area is 229 Å². The Hall–Kier alpha value is -3.74. The second kappa shape index (κ2) is 11.2. The number of anilines is 1. The molecule has 4 atom stereocenters. The molecule has 1 unspecified atom stereocenters. The zero-order valence-corrected chi connectivity index (χ0v) is 22.3. The minimum absolute atomic E-state index is 0.000167. The minimum atomic E-state index is -0.312. The van der Waals surface area contributed by atoms with Crippen LogP contribution in [0, 0.1) is 5.41 Å². The maximum absolute atomic E-state index is 12.9. The van der Waals surface area contributed by atoms with Gasteiger partial charge in [-0.1, -0.05) is 12.1 Å². The summed E-state index contributed by atoms with van der Waals surface area (Å²) in [6.45, 7) is 2.53. The van der Waals surface area contributed by atoms with Crippen molar-refractivity contribution in [1.29, 1.82) is 5.41 Å². The van der Waals surface area contributed by atoms with Crippen LogP contribution in [0.4, 0.5) is 5.13 Å². The number of rotatable bonds is 8. The third-order valence-electron chi connectivity index (χ3n) is 7.52. The van der Waals surface area contributed by atoms with Crippen LogP contribution in [0.3, 0.4) is 0 Å². The van der Waals surface area contributed by atoms with Gasteiger partial charge in [0.05, 0.1) is 17.9 Å². The average molecular weight is 548 g/mol. The van der Waals surface area contributed by atoms with E-state index in [1.807, 2.05) is 35.8 Å². The van der Waals surface area contributed by atoms with Crippen molar-refractivity contribution in [1.82, 2.24) is 30.2 Å². The van der Waals surface area contributed by atoms with Gasteiger partial charge in [0.25, 0.3) is 0 Å². The minimum Gasteiger partial charge on any atom is -0.370 e. The highest BCUT2D eigenvalue weighted by Crippen LogP contribution is 2.35. The summed E-state index contributed by atoms with van der Waals surface area (Å²) in [4.78, 5) is 24.9. The molecule has 0 aliphatic carbocycles. The molecule has 0 bridgehead atoms. The zero-order valence-electron chi connectivity index (χ0n) is 21.5. The predicted octanol–water partition coefficient (Wildman–Crippen LogP) is 2.82. The number of ether oxygens (including phenoxy) is 1. The molecule has 204 valence electrons. The number of fused-ring (bicyclic) bond motifs is 1. The van der Waals surface area contributed by atoms with Crippen LogP contribution in [0.1, 0.15) is 49.0 Å². The molecule has 2 aliphatic rings. The van der Waals surface area contributed by atoms with Crippen LogP contribution < -0.4 is 27.4 Å². The zero-order chi connectivity index (χ0) is 26.8. The molecule has 0 spiro atoms. The fraction of sp³-hybridized carbons (Fsp3) is 0.407. The lowest BCUT2D eigenvalue weighted by atomic mass is 9.93. The van der Waals surface area contributed by atoms with Gasteiger partial charge in [0.15, 0.2) is 11.1 Å². The maximum atomic E-state index is 12.9. The Bertz CT molecular complexity index is 1480. The lowest BCUT2D eigenvalue weighted by Crippen LogP contribution is -2.39. The van der Waals surface area contributed by atoms with Gasteiger partial charge in [-0.2, -0.15) is 4.98 Å². The first-order chi connectivity index (χ1) is 19.0. The largest absolute Gasteiger partial charge is 0.370 e. The van der Waals surface area contributed by atoms with E-state index in [-0.39, 0.29) is 29.9 Å². The van der Waals surface area contributed by atoms with Crippen LogP contribution in [0.15, 0.2) is 52.9 Å². The topological polar surface area (TPSA) is 159 Å². The number of nitrogens with zero attached hydrogens (tertiary/aromatic N) is 3. The van der Waals surface area contributed by atoms with Crippen LogP contribution in [-0.2, 0) is 4.74 Å². The first kappa shape index (κ1) is 25.5. The van der Waals surface area contributed by atoms with Gasteiger partial charge in [0.1, 0.15) is 5.65 Å². The standard InChI is InChI=1S/C27H33N9O2S/c28-25(29)31-8-6-21-12-19(33-26-32-9-10-39-26)13-23(38-21)16-1-3-20(4-2-16)36-15-18-11-22(17-5-7-30-14-17)34-24(18)35-27(36)37/h1-4,9-11,15,17,19,21,23,30H,5-8,12-14H2,(H,32,33)(H4,28,29,31)(H,34,35,37)/t17?,19-,21-,23+/m1/s1. The second-order valence-electron chi connectivity index (χ2n) is 10.2. The summed E-state index contributed by atoms with van der Waals surface area (Å²) < 4.78 is 8.08. The van der Waals surface area contributed by atoms with Crippen LogP contribution in [0.5, 0.6) is 0 Å². The predicted molar refractivity (Wildman–Crippen MR) is 153 cm³/mol. The van der Waals surface area contributed by atoms with Gasteiger partial charge >= 0.3 is 5.69 Å². The Morgan fingerprint density at radius 3 is 2.90 bits per heavy atom. The highest BCUT2D eigenvalue weighted by Gasteiger charge is 2.31. The second-order valence-corrected chi connectivity index (χ2v) is 11.1. The summed E-state index contributed by atoms with van der Waals surface area (Å²) >= 11 is 1.58. The van der Waals surface area contributed by atoms with E-state index in [0.717, 1.165) is 66.2 Å². The summed E-state index contributed by atoms with van der Waals surface area (Å²) in [5, 5.41) is 21.0. The van der Waals surface area contributed by atoms with Crippen LogP contribution in [-0.4, -0.2) is 57.3 Å². The smallest absolute Gasteiger partial charge is 0.354 e. The van der Waals surface area contributed by atoms with Crippen molar-refractivity contribution in [3.05, 3.63) is 69.8 Å². The van der Waals surface area contributed by atoms with Crippen molar-refractivity contribution >= 4 is 33.5 Å². The first-order valence-corrected chi connectivity index (χ1v) is 14.2. The van der Waals surface area contributed by atoms with Crippen molar-refractivity contribution < 1.29 is 4.74 Å². The Morgan fingerprint density at radius 1 is 1.28 bits per heavy atom. The van der Waals surface area contributed by atoms with Gasteiger partial charge in [0, 0.05) is 53.9 Å². The number of aromatic nitrogens is 4. The molecule has 0 saturated carbocycles. The normalized spacial score (nSPS) is 23.2. The molecule has 11 nitrogen and oxygen atoms in total. The van der Waals surface area contributed by atoms with E-state index >= 15 is 0 Å². The lowest BCUT2D eigenvalue weighted by Gasteiger charge is -2.36. The van der Waals surface area contributed by atoms with Gasteiger partial charge in [0.2, 0.25) is 0 Å². The molecule has 1 aromatic carbocycles. The van der Waals surface area contributed by atoms with E-state index in [1.165, 1.54) is 0 Å². The fourth-order valence-corrected chi connectivity index (χ4v) is 6.17. The van der Waals surface area contributed by atoms with E-state index in [0.29, 0.717) is 18.1 Å². The lowest BCUT2D eigenvalue weighted by molar-refractivity contribution is -0.0582. The van der Waals surface area contributed by atoms with E-state index in [4.69, 9.17) is 15.9 Å². The van der Waals surface area contributed by atoms with Crippen molar-refractivity contribution in [2.24, 2.45) is 5.73 Å². The summed E-state index contributed by atoms with van der Waals surface area (Å²) in [6, 6.07) is 10.3. The molecule has 3 aromatic heterocycles. The number of nitrogens with two attached hydrogens (primary N) is 1. The third-order valence-corrected chi connectivity index (χ3v) is 8.22. The summed E-state index contributed by atoms with van der Waals surface area (Å²) in [5.74, 6) is 0.387.